The molecule has 1 heterocycles. The van der Waals surface area contributed by atoms with Gasteiger partial charge in [0.2, 0.25) is 0 Å². The number of ether oxygens (including phenoxy) is 1. The molecule has 0 aliphatic carbocycles. The van der Waals surface area contributed by atoms with Gasteiger partial charge in [0.25, 0.3) is 0 Å². The molecule has 1 N–H and O–H groups in total. The average molecular weight is 372 g/mol. The van der Waals surface area contributed by atoms with Crippen LogP contribution in [0.3, 0.4) is 0 Å². The molecule has 0 bridgehead atoms. The van der Waals surface area contributed by atoms with E-state index >= 15 is 0 Å². The maximum Gasteiger partial charge on any atom is 0.169 e. The SMILES string of the molecule is Oc1cc(Cl)c(-c2ccsc2)cc1Oc1ccc(Cl)cc1Cl. The Morgan fingerprint density at radius 3 is 2.41 bits per heavy atom. The van der Waals surface area contributed by atoms with Crippen LogP contribution in [0.5, 0.6) is 17.2 Å². The van der Waals surface area contributed by atoms with Crippen molar-refractivity contribution in [2.75, 3.05) is 0 Å². The molecule has 6 heteroatoms. The van der Waals surface area contributed by atoms with Crippen molar-refractivity contribution in [2.45, 2.75) is 0 Å². The highest BCUT2D eigenvalue weighted by molar-refractivity contribution is 7.08. The minimum Gasteiger partial charge on any atom is -0.504 e. The molecule has 22 heavy (non-hydrogen) atoms. The van der Waals surface area contributed by atoms with Crippen LogP contribution in [-0.4, -0.2) is 5.11 Å². The van der Waals surface area contributed by atoms with Gasteiger partial charge in [-0.15, -0.1) is 0 Å². The van der Waals surface area contributed by atoms with Gasteiger partial charge in [0.1, 0.15) is 5.75 Å². The van der Waals surface area contributed by atoms with E-state index in [2.05, 4.69) is 0 Å². The van der Waals surface area contributed by atoms with Crippen molar-refractivity contribution in [2.24, 2.45) is 0 Å². The molecule has 0 amide bonds. The van der Waals surface area contributed by atoms with Crippen LogP contribution < -0.4 is 4.74 Å². The molecule has 112 valence electrons. The van der Waals surface area contributed by atoms with Gasteiger partial charge in [0.15, 0.2) is 11.5 Å². The van der Waals surface area contributed by atoms with Gasteiger partial charge in [0, 0.05) is 16.7 Å². The van der Waals surface area contributed by atoms with Crippen molar-refractivity contribution in [1.82, 2.24) is 0 Å². The molecule has 0 aliphatic rings. The maximum absolute atomic E-state index is 10.0. The number of thiophene rings is 1. The van der Waals surface area contributed by atoms with Crippen molar-refractivity contribution in [3.8, 4) is 28.4 Å². The second kappa shape index (κ2) is 6.39. The van der Waals surface area contributed by atoms with Crippen LogP contribution in [0, 0.1) is 0 Å². The van der Waals surface area contributed by atoms with Gasteiger partial charge in [-0.05, 0) is 46.7 Å². The Hall–Kier alpha value is -1.39. The average Bonchev–Trinajstić information content (AvgIpc) is 2.98. The summed E-state index contributed by atoms with van der Waals surface area (Å²) in [7, 11) is 0. The van der Waals surface area contributed by atoms with Crippen LogP contribution in [0.4, 0.5) is 0 Å². The molecule has 3 aromatic rings. The fourth-order valence-corrected chi connectivity index (χ4v) is 3.31. The van der Waals surface area contributed by atoms with E-state index in [1.54, 1.807) is 35.6 Å². The molecule has 0 spiro atoms. The number of aromatic hydroxyl groups is 1. The molecule has 2 nitrogen and oxygen atoms in total. The third kappa shape index (κ3) is 3.18. The fraction of sp³-hybridized carbons (Fsp3) is 0. The Morgan fingerprint density at radius 2 is 1.73 bits per heavy atom. The monoisotopic (exact) mass is 370 g/mol. The lowest BCUT2D eigenvalue weighted by Gasteiger charge is -2.12. The number of phenols is 1. The number of phenolic OH excluding ortho intramolecular Hbond substituents is 1. The predicted octanol–water partition coefficient (Wildman–Crippen LogP) is 6.87. The van der Waals surface area contributed by atoms with E-state index in [1.165, 1.54) is 6.07 Å². The normalized spacial score (nSPS) is 10.7. The molecule has 0 aliphatic heterocycles. The lowest BCUT2D eigenvalue weighted by molar-refractivity contribution is 0.411. The second-order valence-corrected chi connectivity index (χ2v) is 6.52. The predicted molar refractivity (Wildman–Crippen MR) is 93.0 cm³/mol. The van der Waals surface area contributed by atoms with E-state index < -0.39 is 0 Å². The third-order valence-electron chi connectivity index (χ3n) is 2.99. The Bertz CT molecular complexity index is 817. The topological polar surface area (TPSA) is 29.5 Å². The zero-order chi connectivity index (χ0) is 15.7. The quantitative estimate of drug-likeness (QED) is 0.544. The van der Waals surface area contributed by atoms with Crippen molar-refractivity contribution >= 4 is 46.1 Å². The zero-order valence-electron chi connectivity index (χ0n) is 11.0. The van der Waals surface area contributed by atoms with Crippen molar-refractivity contribution < 1.29 is 9.84 Å². The highest BCUT2D eigenvalue weighted by Crippen LogP contribution is 2.41. The highest BCUT2D eigenvalue weighted by Gasteiger charge is 2.13. The van der Waals surface area contributed by atoms with Crippen LogP contribution in [0.2, 0.25) is 15.1 Å². The summed E-state index contributed by atoms with van der Waals surface area (Å²) >= 11 is 19.7. The molecule has 0 atom stereocenters. The van der Waals surface area contributed by atoms with E-state index in [-0.39, 0.29) is 11.5 Å². The summed E-state index contributed by atoms with van der Waals surface area (Å²) in [5.41, 5.74) is 1.74. The minimum atomic E-state index is -0.0602. The number of hydrogen-bond acceptors (Lipinski definition) is 3. The molecule has 2 aromatic carbocycles. The second-order valence-electron chi connectivity index (χ2n) is 4.49. The molecule has 1 aromatic heterocycles. The first-order valence-electron chi connectivity index (χ1n) is 6.22. The Morgan fingerprint density at radius 1 is 0.909 bits per heavy atom. The number of halogens is 3. The highest BCUT2D eigenvalue weighted by atomic mass is 35.5. The first-order chi connectivity index (χ1) is 10.5. The zero-order valence-corrected chi connectivity index (χ0v) is 14.1. The fourth-order valence-electron chi connectivity index (χ4n) is 1.94. The van der Waals surface area contributed by atoms with Crippen LogP contribution in [0.25, 0.3) is 11.1 Å². The summed E-state index contributed by atoms with van der Waals surface area (Å²) in [4.78, 5) is 0. The summed E-state index contributed by atoms with van der Waals surface area (Å²) in [5, 5.41) is 15.3. The maximum atomic E-state index is 10.0. The summed E-state index contributed by atoms with van der Waals surface area (Å²) in [6.45, 7) is 0. The molecular weight excluding hydrogens is 363 g/mol. The van der Waals surface area contributed by atoms with Crippen LogP contribution in [0.1, 0.15) is 0 Å². The first-order valence-corrected chi connectivity index (χ1v) is 8.30. The van der Waals surface area contributed by atoms with Crippen LogP contribution >= 0.6 is 46.1 Å². The van der Waals surface area contributed by atoms with Gasteiger partial charge in [-0.1, -0.05) is 34.8 Å². The number of hydrogen-bond donors (Lipinski definition) is 1. The summed E-state index contributed by atoms with van der Waals surface area (Å²) in [6.07, 6.45) is 0. The van der Waals surface area contributed by atoms with Gasteiger partial charge in [-0.25, -0.2) is 0 Å². The van der Waals surface area contributed by atoms with Crippen molar-refractivity contribution in [1.29, 1.82) is 0 Å². The Balaban J connectivity index is 2.02. The van der Waals surface area contributed by atoms with Gasteiger partial charge < -0.3 is 9.84 Å². The molecule has 0 unspecified atom stereocenters. The van der Waals surface area contributed by atoms with Gasteiger partial charge in [0.05, 0.1) is 10.0 Å². The number of rotatable bonds is 3. The number of benzene rings is 2. The smallest absolute Gasteiger partial charge is 0.169 e. The summed E-state index contributed by atoms with van der Waals surface area (Å²) in [5.74, 6) is 0.616. The van der Waals surface area contributed by atoms with Gasteiger partial charge >= 0.3 is 0 Å². The van der Waals surface area contributed by atoms with E-state index in [4.69, 9.17) is 39.5 Å². The van der Waals surface area contributed by atoms with Crippen LogP contribution in [-0.2, 0) is 0 Å². The standard InChI is InChI=1S/C16H9Cl3O2S/c17-10-1-2-15(13(19)5-10)21-16-6-11(9-3-4-22-8-9)12(18)7-14(16)20/h1-8,20H. The van der Waals surface area contributed by atoms with E-state index in [9.17, 15) is 5.11 Å². The molecule has 0 saturated carbocycles. The molecule has 0 radical (unpaired) electrons. The van der Waals surface area contributed by atoms with E-state index in [0.29, 0.717) is 20.8 Å². The molecule has 3 rings (SSSR count). The summed E-state index contributed by atoms with van der Waals surface area (Å²) < 4.78 is 5.69. The summed E-state index contributed by atoms with van der Waals surface area (Å²) in [6, 6.07) is 9.96. The Kier molecular flexibility index (Phi) is 4.50. The molecule has 0 fully saturated rings. The molecular formula is C16H9Cl3O2S. The van der Waals surface area contributed by atoms with Crippen molar-refractivity contribution in [3.05, 3.63) is 62.2 Å². The lowest BCUT2D eigenvalue weighted by Crippen LogP contribution is -1.88. The minimum absolute atomic E-state index is 0.0602. The third-order valence-corrected chi connectivity index (χ3v) is 4.52. The van der Waals surface area contributed by atoms with E-state index in [1.807, 2.05) is 16.8 Å². The van der Waals surface area contributed by atoms with Crippen molar-refractivity contribution in [3.63, 3.8) is 0 Å². The van der Waals surface area contributed by atoms with E-state index in [0.717, 1.165) is 11.1 Å². The van der Waals surface area contributed by atoms with Crippen LogP contribution in [0.15, 0.2) is 47.2 Å². The Labute approximate surface area is 146 Å². The largest absolute Gasteiger partial charge is 0.504 e. The van der Waals surface area contributed by atoms with Gasteiger partial charge in [-0.3, -0.25) is 0 Å². The molecule has 0 saturated heterocycles. The van der Waals surface area contributed by atoms with Gasteiger partial charge in [-0.2, -0.15) is 11.3 Å². The lowest BCUT2D eigenvalue weighted by atomic mass is 10.1. The first kappa shape index (κ1) is 15.5.